The number of thiazole rings is 1. The topological polar surface area (TPSA) is 225 Å². The smallest absolute Gasteiger partial charge is 0.534 e. The molecule has 7 N–H and O–H groups in total. The van der Waals surface area contributed by atoms with Crippen molar-refractivity contribution in [3.63, 3.8) is 0 Å². The van der Waals surface area contributed by atoms with Crippen molar-refractivity contribution < 1.29 is 44.0 Å². The lowest BCUT2D eigenvalue weighted by molar-refractivity contribution is -0.180. The van der Waals surface area contributed by atoms with Crippen LogP contribution >= 0.6 is 11.3 Å². The van der Waals surface area contributed by atoms with E-state index < -0.39 is 48.8 Å². The first-order valence-corrected chi connectivity index (χ1v) is 11.3. The van der Waals surface area contributed by atoms with Gasteiger partial charge in [0, 0.05) is 5.38 Å². The summed E-state index contributed by atoms with van der Waals surface area (Å²) in [6.45, 7) is -0.639. The fourth-order valence-electron chi connectivity index (χ4n) is 3.71. The van der Waals surface area contributed by atoms with Gasteiger partial charge in [-0.15, -0.1) is 11.3 Å². The van der Waals surface area contributed by atoms with Crippen LogP contribution < -0.4 is 21.0 Å². The second kappa shape index (κ2) is 9.80. The highest BCUT2D eigenvalue weighted by Crippen LogP contribution is 2.30. The number of aromatic nitrogens is 1. The van der Waals surface area contributed by atoms with Gasteiger partial charge < -0.3 is 31.2 Å². The van der Waals surface area contributed by atoms with Gasteiger partial charge in [-0.2, -0.15) is 0 Å². The normalized spacial score (nSPS) is 18.3. The Morgan fingerprint density at radius 3 is 2.67 bits per heavy atom. The minimum atomic E-state index is -1.62. The van der Waals surface area contributed by atoms with Gasteiger partial charge in [-0.05, 0) is 18.1 Å². The van der Waals surface area contributed by atoms with Crippen LogP contribution in [0.2, 0.25) is 0 Å². The molecule has 15 nitrogen and oxygen atoms in total. The van der Waals surface area contributed by atoms with E-state index in [2.05, 4.69) is 15.6 Å². The highest BCUT2D eigenvalue weighted by molar-refractivity contribution is 7.13. The number of hydrogen-bond donors (Lipinski definition) is 6. The van der Waals surface area contributed by atoms with Gasteiger partial charge in [0.05, 0.1) is 30.3 Å². The molecule has 188 valence electrons. The molecule has 4 rings (SSSR count). The second-order valence-electron chi connectivity index (χ2n) is 7.80. The van der Waals surface area contributed by atoms with Crippen molar-refractivity contribution in [3.8, 4) is 5.75 Å². The number of urea groups is 1. The van der Waals surface area contributed by atoms with Crippen LogP contribution in [0.15, 0.2) is 23.6 Å². The molecule has 0 spiro atoms. The lowest BCUT2D eigenvalue weighted by atomic mass is 9.72. The third-order valence-corrected chi connectivity index (χ3v) is 6.18. The van der Waals surface area contributed by atoms with E-state index in [0.29, 0.717) is 10.5 Å². The SMILES string of the molecule is Nc1nc(C(NC(=O)N2CCN(O)C(=O)C2=O)C(=O)N[C@H]2Cc3cccc(C(=O)O)c3OB2O)cs1. The molecule has 0 aliphatic carbocycles. The summed E-state index contributed by atoms with van der Waals surface area (Å²) in [7, 11) is -1.62. The van der Waals surface area contributed by atoms with Crippen LogP contribution in [0.1, 0.15) is 27.7 Å². The van der Waals surface area contributed by atoms with Crippen molar-refractivity contribution in [2.75, 3.05) is 18.8 Å². The zero-order chi connectivity index (χ0) is 26.1. The third-order valence-electron chi connectivity index (χ3n) is 5.49. The summed E-state index contributed by atoms with van der Waals surface area (Å²) in [6, 6.07) is 1.81. The maximum absolute atomic E-state index is 13.2. The molecule has 2 aliphatic rings. The summed E-state index contributed by atoms with van der Waals surface area (Å²) in [5.41, 5.74) is 5.96. The van der Waals surface area contributed by atoms with Gasteiger partial charge in [-0.1, -0.05) is 12.1 Å². The minimum Gasteiger partial charge on any atom is -0.534 e. The van der Waals surface area contributed by atoms with Gasteiger partial charge in [-0.3, -0.25) is 24.5 Å². The van der Waals surface area contributed by atoms with Crippen molar-refractivity contribution in [3.05, 3.63) is 40.4 Å². The largest absolute Gasteiger partial charge is 0.547 e. The number of nitrogen functional groups attached to an aromatic ring is 1. The summed E-state index contributed by atoms with van der Waals surface area (Å²) in [6.07, 6.45) is 0.00861. The van der Waals surface area contributed by atoms with Gasteiger partial charge >= 0.3 is 30.9 Å². The van der Waals surface area contributed by atoms with Crippen LogP contribution in [0.3, 0.4) is 0 Å². The number of amides is 5. The number of rotatable bonds is 5. The number of fused-ring (bicyclic) bond motifs is 1. The Balaban J connectivity index is 1.53. The number of para-hydroxylation sites is 1. The molecule has 0 bridgehead atoms. The molecule has 1 aromatic carbocycles. The fourth-order valence-corrected chi connectivity index (χ4v) is 4.30. The minimum absolute atomic E-state index is 0.00861. The number of nitrogens with one attached hydrogen (secondary N) is 2. The van der Waals surface area contributed by atoms with Gasteiger partial charge in [-0.25, -0.2) is 19.6 Å². The maximum atomic E-state index is 13.2. The van der Waals surface area contributed by atoms with Crippen molar-refractivity contribution in [1.29, 1.82) is 0 Å². The molecular formula is C19H19BN6O9S. The zero-order valence-corrected chi connectivity index (χ0v) is 19.1. The second-order valence-corrected chi connectivity index (χ2v) is 8.69. The third kappa shape index (κ3) is 4.79. The van der Waals surface area contributed by atoms with E-state index in [4.69, 9.17) is 10.4 Å². The summed E-state index contributed by atoms with van der Waals surface area (Å²) < 4.78 is 5.36. The molecule has 2 atom stereocenters. The van der Waals surface area contributed by atoms with Crippen LogP contribution in [0, 0.1) is 0 Å². The maximum Gasteiger partial charge on any atom is 0.547 e. The molecule has 1 saturated heterocycles. The highest BCUT2D eigenvalue weighted by Gasteiger charge is 2.41. The molecule has 5 amide bonds. The van der Waals surface area contributed by atoms with Gasteiger partial charge in [0.25, 0.3) is 0 Å². The Labute approximate surface area is 206 Å². The first kappa shape index (κ1) is 24.9. The van der Waals surface area contributed by atoms with Crippen LogP contribution in [-0.4, -0.2) is 86.2 Å². The van der Waals surface area contributed by atoms with Crippen LogP contribution in [0.4, 0.5) is 9.93 Å². The van der Waals surface area contributed by atoms with Gasteiger partial charge in [0.2, 0.25) is 5.91 Å². The molecule has 1 unspecified atom stereocenters. The van der Waals surface area contributed by atoms with E-state index in [0.717, 1.165) is 11.3 Å². The molecule has 2 aromatic rings. The van der Waals surface area contributed by atoms with E-state index in [1.54, 1.807) is 6.07 Å². The van der Waals surface area contributed by atoms with Crippen LogP contribution in [0.25, 0.3) is 0 Å². The van der Waals surface area contributed by atoms with E-state index in [9.17, 15) is 39.3 Å². The standard InChI is InChI=1S/C19H19BN6O9S/c21-18-22-10(7-36-18)12(24-19(32)25-4-5-26(34)16(29)15(25)28)14(27)23-11-6-8-2-1-3-9(17(30)31)13(8)35-20(11)33/h1-3,7,11-12,33-34H,4-6H2,(H2,21,22)(H,23,27)(H,24,32)(H,30,31)/t11-,12?/m0/s1. The molecule has 36 heavy (non-hydrogen) atoms. The van der Waals surface area contributed by atoms with E-state index >= 15 is 0 Å². The molecule has 0 radical (unpaired) electrons. The van der Waals surface area contributed by atoms with Crippen molar-refractivity contribution in [2.45, 2.75) is 18.4 Å². The van der Waals surface area contributed by atoms with E-state index in [1.165, 1.54) is 17.5 Å². The summed E-state index contributed by atoms with van der Waals surface area (Å²) >= 11 is 0.987. The Morgan fingerprint density at radius 1 is 1.25 bits per heavy atom. The number of hydrogen-bond acceptors (Lipinski definition) is 11. The monoisotopic (exact) mass is 518 g/mol. The Hall–Kier alpha value is -4.22. The lowest BCUT2D eigenvalue weighted by Gasteiger charge is -2.31. The number of carboxylic acids is 1. The van der Waals surface area contributed by atoms with Crippen LogP contribution in [0.5, 0.6) is 5.75 Å². The van der Waals surface area contributed by atoms with Gasteiger partial charge in [0.15, 0.2) is 11.2 Å². The zero-order valence-electron chi connectivity index (χ0n) is 18.3. The predicted molar refractivity (Wildman–Crippen MR) is 121 cm³/mol. The number of aromatic carboxylic acids is 1. The molecule has 2 aliphatic heterocycles. The Kier molecular flexibility index (Phi) is 6.78. The number of piperazine rings is 1. The van der Waals surface area contributed by atoms with Crippen molar-refractivity contribution in [1.82, 2.24) is 25.6 Å². The molecule has 17 heteroatoms. The number of carbonyl (C=O) groups is 5. The molecular weight excluding hydrogens is 499 g/mol. The number of benzene rings is 1. The Morgan fingerprint density at radius 2 is 2.00 bits per heavy atom. The van der Waals surface area contributed by atoms with Crippen molar-refractivity contribution >= 4 is 53.3 Å². The molecule has 1 aromatic heterocycles. The molecule has 0 saturated carbocycles. The number of nitrogens with two attached hydrogens (primary N) is 1. The fraction of sp³-hybridized carbons (Fsp3) is 0.263. The number of nitrogens with zero attached hydrogens (tertiary/aromatic N) is 3. The number of anilines is 1. The first-order valence-electron chi connectivity index (χ1n) is 10.4. The lowest BCUT2D eigenvalue weighted by Crippen LogP contribution is -2.59. The quantitative estimate of drug-likeness (QED) is 0.150. The highest BCUT2D eigenvalue weighted by atomic mass is 32.1. The predicted octanol–water partition coefficient (Wildman–Crippen LogP) is -1.63. The van der Waals surface area contributed by atoms with Crippen LogP contribution in [-0.2, 0) is 20.8 Å². The summed E-state index contributed by atoms with van der Waals surface area (Å²) in [5.74, 6) is -5.76. The average Bonchev–Trinajstić information content (AvgIpc) is 3.26. The molecule has 1 fully saturated rings. The van der Waals surface area contributed by atoms with E-state index in [1.807, 2.05) is 0 Å². The Bertz CT molecular complexity index is 1260. The number of carboxylic acid groups (broad SMARTS) is 1. The first-order chi connectivity index (χ1) is 17.1. The summed E-state index contributed by atoms with van der Waals surface area (Å²) in [5, 5.41) is 35.7. The van der Waals surface area contributed by atoms with Crippen molar-refractivity contribution in [2.24, 2.45) is 0 Å². The molecule has 3 heterocycles. The van der Waals surface area contributed by atoms with Gasteiger partial charge in [0.1, 0.15) is 5.75 Å². The average molecular weight is 518 g/mol. The summed E-state index contributed by atoms with van der Waals surface area (Å²) in [4.78, 5) is 65.7. The van der Waals surface area contributed by atoms with E-state index in [-0.39, 0.29) is 46.7 Å². The number of carbonyl (C=O) groups excluding carboxylic acids is 4. The number of hydroxylamine groups is 2. The number of imide groups is 1.